The first kappa shape index (κ1) is 15.2. The van der Waals surface area contributed by atoms with Crippen LogP contribution in [0.2, 0.25) is 0 Å². The minimum Gasteiger partial charge on any atom is -0.489 e. The first-order valence-electron chi connectivity index (χ1n) is 5.92. The Hall–Kier alpha value is -1.85. The summed E-state index contributed by atoms with van der Waals surface area (Å²) in [6, 6.07) is 2.74. The SMILES string of the molecule is CC(C)(C)NC(=O)NCCOc1ccc(F)cc1F. The molecular formula is C13H18F2N2O2. The van der Waals surface area contributed by atoms with Crippen molar-refractivity contribution in [2.75, 3.05) is 13.2 Å². The zero-order valence-corrected chi connectivity index (χ0v) is 11.2. The maximum Gasteiger partial charge on any atom is 0.315 e. The molecule has 2 N–H and O–H groups in total. The van der Waals surface area contributed by atoms with Gasteiger partial charge in [-0.3, -0.25) is 0 Å². The average molecular weight is 272 g/mol. The standard InChI is InChI=1S/C13H18F2N2O2/c1-13(2,3)17-12(18)16-6-7-19-11-5-4-9(14)8-10(11)15/h4-5,8H,6-7H2,1-3H3,(H2,16,17,18). The third-order valence-corrected chi connectivity index (χ3v) is 2.03. The van der Waals surface area contributed by atoms with Crippen molar-refractivity contribution in [3.63, 3.8) is 0 Å². The van der Waals surface area contributed by atoms with Crippen LogP contribution < -0.4 is 15.4 Å². The van der Waals surface area contributed by atoms with E-state index in [0.29, 0.717) is 0 Å². The largest absolute Gasteiger partial charge is 0.489 e. The topological polar surface area (TPSA) is 50.4 Å². The molecule has 0 aliphatic heterocycles. The van der Waals surface area contributed by atoms with E-state index in [9.17, 15) is 13.6 Å². The van der Waals surface area contributed by atoms with E-state index in [-0.39, 0.29) is 30.5 Å². The van der Waals surface area contributed by atoms with Crippen molar-refractivity contribution >= 4 is 6.03 Å². The molecule has 0 saturated carbocycles. The zero-order valence-electron chi connectivity index (χ0n) is 11.2. The lowest BCUT2D eigenvalue weighted by Gasteiger charge is -2.20. The molecule has 2 amide bonds. The lowest BCUT2D eigenvalue weighted by atomic mass is 10.1. The van der Waals surface area contributed by atoms with Crippen LogP contribution in [0.3, 0.4) is 0 Å². The van der Waals surface area contributed by atoms with E-state index in [1.807, 2.05) is 20.8 Å². The highest BCUT2D eigenvalue weighted by Crippen LogP contribution is 2.17. The molecule has 0 aliphatic rings. The van der Waals surface area contributed by atoms with Crippen LogP contribution in [-0.2, 0) is 0 Å². The predicted molar refractivity (Wildman–Crippen MR) is 68.1 cm³/mol. The lowest BCUT2D eigenvalue weighted by Crippen LogP contribution is -2.47. The Labute approximate surface area is 111 Å². The van der Waals surface area contributed by atoms with Crippen LogP contribution in [0.25, 0.3) is 0 Å². The fraction of sp³-hybridized carbons (Fsp3) is 0.462. The van der Waals surface area contributed by atoms with Gasteiger partial charge in [-0.1, -0.05) is 0 Å². The Balaban J connectivity index is 2.29. The van der Waals surface area contributed by atoms with Gasteiger partial charge >= 0.3 is 6.03 Å². The molecule has 19 heavy (non-hydrogen) atoms. The van der Waals surface area contributed by atoms with Crippen molar-refractivity contribution in [3.8, 4) is 5.75 Å². The highest BCUT2D eigenvalue weighted by Gasteiger charge is 2.12. The molecule has 1 aromatic carbocycles. The molecule has 0 atom stereocenters. The van der Waals surface area contributed by atoms with Gasteiger partial charge in [0.1, 0.15) is 12.4 Å². The van der Waals surface area contributed by atoms with Crippen molar-refractivity contribution in [1.82, 2.24) is 10.6 Å². The third kappa shape index (κ3) is 6.03. The second-order valence-electron chi connectivity index (χ2n) is 5.05. The monoisotopic (exact) mass is 272 g/mol. The molecule has 1 rings (SSSR count). The van der Waals surface area contributed by atoms with Crippen LogP contribution >= 0.6 is 0 Å². The summed E-state index contributed by atoms with van der Waals surface area (Å²) in [6.07, 6.45) is 0. The zero-order chi connectivity index (χ0) is 14.5. The molecule has 0 aliphatic carbocycles. The molecule has 0 aromatic heterocycles. The summed E-state index contributed by atoms with van der Waals surface area (Å²) in [4.78, 5) is 11.4. The Kier molecular flexibility index (Phi) is 5.09. The van der Waals surface area contributed by atoms with Crippen molar-refractivity contribution < 1.29 is 18.3 Å². The van der Waals surface area contributed by atoms with E-state index in [4.69, 9.17) is 4.74 Å². The van der Waals surface area contributed by atoms with Gasteiger partial charge in [0.25, 0.3) is 0 Å². The van der Waals surface area contributed by atoms with Crippen molar-refractivity contribution in [2.45, 2.75) is 26.3 Å². The van der Waals surface area contributed by atoms with Gasteiger partial charge in [0.05, 0.1) is 6.54 Å². The molecule has 0 bridgehead atoms. The normalized spacial score (nSPS) is 11.0. The molecule has 0 unspecified atom stereocenters. The van der Waals surface area contributed by atoms with Gasteiger partial charge in [0.15, 0.2) is 11.6 Å². The number of nitrogens with one attached hydrogen (secondary N) is 2. The van der Waals surface area contributed by atoms with E-state index in [1.165, 1.54) is 6.07 Å². The minimum absolute atomic E-state index is 0.0422. The fourth-order valence-electron chi connectivity index (χ4n) is 1.30. The molecule has 0 radical (unpaired) electrons. The fourth-order valence-corrected chi connectivity index (χ4v) is 1.30. The number of halogens is 2. The van der Waals surface area contributed by atoms with E-state index in [2.05, 4.69) is 10.6 Å². The molecule has 0 heterocycles. The number of carbonyl (C=O) groups is 1. The molecular weight excluding hydrogens is 254 g/mol. The summed E-state index contributed by atoms with van der Waals surface area (Å²) < 4.78 is 30.9. The van der Waals surface area contributed by atoms with Crippen LogP contribution in [0.15, 0.2) is 18.2 Å². The number of hydrogen-bond acceptors (Lipinski definition) is 2. The Bertz CT molecular complexity index is 445. The third-order valence-electron chi connectivity index (χ3n) is 2.03. The number of rotatable bonds is 4. The Morgan fingerprint density at radius 1 is 1.32 bits per heavy atom. The van der Waals surface area contributed by atoms with Gasteiger partial charge in [-0.05, 0) is 32.9 Å². The van der Waals surface area contributed by atoms with Crippen LogP contribution in [0.1, 0.15) is 20.8 Å². The summed E-state index contributed by atoms with van der Waals surface area (Å²) in [5.74, 6) is -1.47. The summed E-state index contributed by atoms with van der Waals surface area (Å²) in [6.45, 7) is 5.89. The number of urea groups is 1. The second-order valence-corrected chi connectivity index (χ2v) is 5.05. The van der Waals surface area contributed by atoms with Crippen LogP contribution in [0.5, 0.6) is 5.75 Å². The maximum absolute atomic E-state index is 13.2. The van der Waals surface area contributed by atoms with Crippen LogP contribution in [0.4, 0.5) is 13.6 Å². The number of hydrogen-bond donors (Lipinski definition) is 2. The highest BCUT2D eigenvalue weighted by molar-refractivity contribution is 5.74. The summed E-state index contributed by atoms with van der Waals surface area (Å²) in [7, 11) is 0. The van der Waals surface area contributed by atoms with Crippen molar-refractivity contribution in [1.29, 1.82) is 0 Å². The number of benzene rings is 1. The van der Waals surface area contributed by atoms with Gasteiger partial charge in [0.2, 0.25) is 0 Å². The quantitative estimate of drug-likeness (QED) is 0.827. The van der Waals surface area contributed by atoms with E-state index >= 15 is 0 Å². The average Bonchev–Trinajstić information content (AvgIpc) is 2.24. The summed E-state index contributed by atoms with van der Waals surface area (Å²) in [5, 5.41) is 5.28. The maximum atomic E-state index is 13.2. The molecule has 6 heteroatoms. The molecule has 0 spiro atoms. The second kappa shape index (κ2) is 6.36. The number of ether oxygens (including phenoxy) is 1. The van der Waals surface area contributed by atoms with Gasteiger partial charge in [-0.25, -0.2) is 13.6 Å². The molecule has 0 saturated heterocycles. The minimum atomic E-state index is -0.765. The van der Waals surface area contributed by atoms with Gasteiger partial charge in [-0.15, -0.1) is 0 Å². The smallest absolute Gasteiger partial charge is 0.315 e. The lowest BCUT2D eigenvalue weighted by molar-refractivity contribution is 0.227. The van der Waals surface area contributed by atoms with E-state index in [1.54, 1.807) is 0 Å². The van der Waals surface area contributed by atoms with Gasteiger partial charge in [0, 0.05) is 11.6 Å². The first-order chi connectivity index (χ1) is 8.78. The predicted octanol–water partition coefficient (Wildman–Crippen LogP) is 2.44. The highest BCUT2D eigenvalue weighted by atomic mass is 19.1. The number of carbonyl (C=O) groups excluding carboxylic acids is 1. The van der Waals surface area contributed by atoms with Crippen LogP contribution in [-0.4, -0.2) is 24.7 Å². The summed E-state index contributed by atoms with van der Waals surface area (Å²) in [5.41, 5.74) is -0.325. The van der Waals surface area contributed by atoms with E-state index < -0.39 is 11.6 Å². The van der Waals surface area contributed by atoms with Crippen molar-refractivity contribution in [3.05, 3.63) is 29.8 Å². The first-order valence-corrected chi connectivity index (χ1v) is 5.92. The van der Waals surface area contributed by atoms with Gasteiger partial charge in [-0.2, -0.15) is 0 Å². The molecule has 0 fully saturated rings. The Morgan fingerprint density at radius 3 is 2.58 bits per heavy atom. The van der Waals surface area contributed by atoms with Crippen molar-refractivity contribution in [2.24, 2.45) is 0 Å². The molecule has 106 valence electrons. The Morgan fingerprint density at radius 2 is 2.00 bits per heavy atom. The van der Waals surface area contributed by atoms with E-state index in [0.717, 1.165) is 12.1 Å². The number of amides is 2. The molecule has 1 aromatic rings. The van der Waals surface area contributed by atoms with Gasteiger partial charge < -0.3 is 15.4 Å². The molecule has 4 nitrogen and oxygen atoms in total. The summed E-state index contributed by atoms with van der Waals surface area (Å²) >= 11 is 0. The van der Waals surface area contributed by atoms with Crippen LogP contribution in [0, 0.1) is 11.6 Å².